The Labute approximate surface area is 54.1 Å². The molecule has 0 atom stereocenters. The highest BCUT2D eigenvalue weighted by atomic mass is 16.6. The van der Waals surface area contributed by atoms with Gasteiger partial charge in [-0.15, -0.1) is 0 Å². The van der Waals surface area contributed by atoms with Gasteiger partial charge in [-0.2, -0.15) is 0 Å². The molecule has 0 saturated carbocycles. The van der Waals surface area contributed by atoms with Crippen LogP contribution in [0.25, 0.3) is 0 Å². The first-order chi connectivity index (χ1) is 4.18. The van der Waals surface area contributed by atoms with Crippen LogP contribution in [0, 0.1) is 0 Å². The molecule has 0 unspecified atom stereocenters. The average molecular weight is 130 g/mol. The molecule has 0 N–H and O–H groups in total. The summed E-state index contributed by atoms with van der Waals surface area (Å²) in [4.78, 5) is 16.3. The van der Waals surface area contributed by atoms with Crippen molar-refractivity contribution in [3.05, 3.63) is 0 Å². The van der Waals surface area contributed by atoms with E-state index in [2.05, 4.69) is 9.99 Å². The average Bonchev–Trinajstić information content (AvgIpc) is 1.82. The Morgan fingerprint density at radius 1 is 1.67 bits per heavy atom. The SMILES string of the molecule is CON=CC(=O)N(C)C. The summed E-state index contributed by atoms with van der Waals surface area (Å²) in [7, 11) is 4.67. The number of carbonyl (C=O) groups is 1. The maximum atomic E-state index is 10.6. The first-order valence-electron chi connectivity index (χ1n) is 2.46. The predicted molar refractivity (Wildman–Crippen MR) is 34.2 cm³/mol. The monoisotopic (exact) mass is 130 g/mol. The molecule has 52 valence electrons. The van der Waals surface area contributed by atoms with Gasteiger partial charge in [-0.05, 0) is 0 Å². The molecule has 4 heteroatoms. The van der Waals surface area contributed by atoms with Crippen LogP contribution in [0.15, 0.2) is 5.16 Å². The lowest BCUT2D eigenvalue weighted by molar-refractivity contribution is -0.121. The van der Waals surface area contributed by atoms with Crippen LogP contribution in [0.2, 0.25) is 0 Å². The van der Waals surface area contributed by atoms with Crippen LogP contribution in [0.3, 0.4) is 0 Å². The minimum atomic E-state index is -0.183. The maximum absolute atomic E-state index is 10.6. The van der Waals surface area contributed by atoms with Gasteiger partial charge in [0.05, 0.1) is 0 Å². The van der Waals surface area contributed by atoms with E-state index in [1.54, 1.807) is 14.1 Å². The molecule has 0 aliphatic carbocycles. The normalized spacial score (nSPS) is 9.67. The summed E-state index contributed by atoms with van der Waals surface area (Å²) < 4.78 is 0. The van der Waals surface area contributed by atoms with E-state index in [1.165, 1.54) is 12.0 Å². The van der Waals surface area contributed by atoms with E-state index in [0.717, 1.165) is 6.21 Å². The largest absolute Gasteiger partial charge is 0.399 e. The van der Waals surface area contributed by atoms with E-state index in [1.807, 2.05) is 0 Å². The zero-order valence-corrected chi connectivity index (χ0v) is 5.79. The molecule has 9 heavy (non-hydrogen) atoms. The molecule has 0 fully saturated rings. The molecular formula is C5H10N2O2. The van der Waals surface area contributed by atoms with E-state index in [-0.39, 0.29) is 5.91 Å². The number of rotatable bonds is 2. The van der Waals surface area contributed by atoms with E-state index >= 15 is 0 Å². The summed E-state index contributed by atoms with van der Waals surface area (Å²) in [6.45, 7) is 0. The molecule has 0 radical (unpaired) electrons. The smallest absolute Gasteiger partial charge is 0.267 e. The van der Waals surface area contributed by atoms with E-state index in [4.69, 9.17) is 0 Å². The zero-order valence-electron chi connectivity index (χ0n) is 5.79. The van der Waals surface area contributed by atoms with Gasteiger partial charge in [0, 0.05) is 14.1 Å². The number of nitrogens with zero attached hydrogens (tertiary/aromatic N) is 2. The fraction of sp³-hybridized carbons (Fsp3) is 0.600. The number of amides is 1. The molecule has 0 aliphatic heterocycles. The first-order valence-corrected chi connectivity index (χ1v) is 2.46. The van der Waals surface area contributed by atoms with Gasteiger partial charge in [0.25, 0.3) is 5.91 Å². The number of oxime groups is 1. The van der Waals surface area contributed by atoms with Crippen LogP contribution < -0.4 is 0 Å². The third-order valence-electron chi connectivity index (χ3n) is 0.709. The maximum Gasteiger partial charge on any atom is 0.267 e. The molecule has 0 aromatic carbocycles. The van der Waals surface area contributed by atoms with Crippen LogP contribution in [0.1, 0.15) is 0 Å². The Balaban J connectivity index is 3.63. The quantitative estimate of drug-likeness (QED) is 0.380. The summed E-state index contributed by atoms with van der Waals surface area (Å²) in [6.07, 6.45) is 1.11. The Kier molecular flexibility index (Phi) is 3.43. The van der Waals surface area contributed by atoms with Gasteiger partial charge in [-0.25, -0.2) is 0 Å². The minimum absolute atomic E-state index is 0.183. The van der Waals surface area contributed by atoms with Crippen LogP contribution in [0.4, 0.5) is 0 Å². The fourth-order valence-corrected chi connectivity index (χ4v) is 0.213. The second kappa shape index (κ2) is 3.88. The van der Waals surface area contributed by atoms with Crippen LogP contribution in [-0.4, -0.2) is 38.2 Å². The lowest BCUT2D eigenvalue weighted by Crippen LogP contribution is -2.22. The zero-order chi connectivity index (χ0) is 7.28. The topological polar surface area (TPSA) is 41.9 Å². The summed E-state index contributed by atoms with van der Waals surface area (Å²) in [5, 5.41) is 3.28. The predicted octanol–water partition coefficient (Wildman–Crippen LogP) is -0.293. The number of hydrogen-bond donors (Lipinski definition) is 0. The molecule has 0 aliphatic rings. The van der Waals surface area contributed by atoms with Gasteiger partial charge < -0.3 is 9.74 Å². The van der Waals surface area contributed by atoms with Crippen LogP contribution >= 0.6 is 0 Å². The third kappa shape index (κ3) is 3.52. The van der Waals surface area contributed by atoms with E-state index in [9.17, 15) is 4.79 Å². The Morgan fingerprint density at radius 3 is 2.56 bits per heavy atom. The molecule has 0 aromatic heterocycles. The summed E-state index contributed by atoms with van der Waals surface area (Å²) in [5.74, 6) is -0.183. The molecule has 0 spiro atoms. The van der Waals surface area contributed by atoms with Gasteiger partial charge in [0.2, 0.25) is 0 Å². The highest BCUT2D eigenvalue weighted by Crippen LogP contribution is 1.73. The van der Waals surface area contributed by atoms with E-state index in [0.29, 0.717) is 0 Å². The van der Waals surface area contributed by atoms with Crippen molar-refractivity contribution in [2.45, 2.75) is 0 Å². The molecular weight excluding hydrogens is 120 g/mol. The molecule has 4 nitrogen and oxygen atoms in total. The van der Waals surface area contributed by atoms with Crippen molar-refractivity contribution in [3.63, 3.8) is 0 Å². The number of carbonyl (C=O) groups excluding carboxylic acids is 1. The fourth-order valence-electron chi connectivity index (χ4n) is 0.213. The van der Waals surface area contributed by atoms with Crippen molar-refractivity contribution in [2.24, 2.45) is 5.16 Å². The van der Waals surface area contributed by atoms with Gasteiger partial charge in [-0.1, -0.05) is 5.16 Å². The molecule has 0 saturated heterocycles. The minimum Gasteiger partial charge on any atom is -0.399 e. The highest BCUT2D eigenvalue weighted by Gasteiger charge is 1.96. The lowest BCUT2D eigenvalue weighted by atomic mass is 10.6. The van der Waals surface area contributed by atoms with Crippen LogP contribution in [0.5, 0.6) is 0 Å². The molecule has 0 aromatic rings. The second-order valence-electron chi connectivity index (χ2n) is 1.65. The van der Waals surface area contributed by atoms with Crippen molar-refractivity contribution in [1.82, 2.24) is 4.90 Å². The second-order valence-corrected chi connectivity index (χ2v) is 1.65. The molecule has 1 amide bonds. The summed E-state index contributed by atoms with van der Waals surface area (Å²) in [6, 6.07) is 0. The Bertz CT molecular complexity index is 120. The van der Waals surface area contributed by atoms with Crippen molar-refractivity contribution in [3.8, 4) is 0 Å². The van der Waals surface area contributed by atoms with Crippen LogP contribution in [-0.2, 0) is 9.63 Å². The highest BCUT2D eigenvalue weighted by molar-refractivity contribution is 6.25. The van der Waals surface area contributed by atoms with Gasteiger partial charge in [0.1, 0.15) is 13.3 Å². The van der Waals surface area contributed by atoms with Crippen molar-refractivity contribution < 1.29 is 9.63 Å². The van der Waals surface area contributed by atoms with Crippen molar-refractivity contribution in [2.75, 3.05) is 21.2 Å². The Morgan fingerprint density at radius 2 is 2.22 bits per heavy atom. The van der Waals surface area contributed by atoms with E-state index < -0.39 is 0 Å². The van der Waals surface area contributed by atoms with Gasteiger partial charge in [0.15, 0.2) is 0 Å². The molecule has 0 bridgehead atoms. The van der Waals surface area contributed by atoms with Gasteiger partial charge in [-0.3, -0.25) is 4.79 Å². The molecule has 0 rings (SSSR count). The standard InChI is InChI=1S/C5H10N2O2/c1-7(2)5(8)4-6-9-3/h4H,1-3H3. The third-order valence-corrected chi connectivity index (χ3v) is 0.709. The lowest BCUT2D eigenvalue weighted by Gasteiger charge is -2.03. The first kappa shape index (κ1) is 7.94. The summed E-state index contributed by atoms with van der Waals surface area (Å²) >= 11 is 0. The Hall–Kier alpha value is -1.06. The molecule has 0 heterocycles. The summed E-state index contributed by atoms with van der Waals surface area (Å²) in [5.41, 5.74) is 0. The van der Waals surface area contributed by atoms with Gasteiger partial charge >= 0.3 is 0 Å². The van der Waals surface area contributed by atoms with Crippen molar-refractivity contribution >= 4 is 12.1 Å². The van der Waals surface area contributed by atoms with Crippen molar-refractivity contribution in [1.29, 1.82) is 0 Å². The number of hydrogen-bond acceptors (Lipinski definition) is 3.